The number of aromatic nitrogens is 2. The molecule has 3 rings (SSSR count). The first-order chi connectivity index (χ1) is 10.6. The number of rotatable bonds is 2. The second-order valence-corrected chi connectivity index (χ2v) is 5.61. The van der Waals surface area contributed by atoms with E-state index in [-0.39, 0.29) is 17.6 Å². The van der Waals surface area contributed by atoms with Crippen LogP contribution in [0.25, 0.3) is 11.3 Å². The van der Waals surface area contributed by atoms with E-state index >= 15 is 0 Å². The van der Waals surface area contributed by atoms with E-state index in [1.807, 2.05) is 4.90 Å². The molecule has 0 saturated carbocycles. The molecule has 5 heteroatoms. The van der Waals surface area contributed by atoms with Crippen LogP contribution >= 0.6 is 0 Å². The van der Waals surface area contributed by atoms with Gasteiger partial charge >= 0.3 is 0 Å². The molecule has 0 spiro atoms. The minimum atomic E-state index is -0.303. The lowest BCUT2D eigenvalue weighted by molar-refractivity contribution is -0.130. The largest absolute Gasteiger partial charge is 0.342 e. The molecule has 2 aromatic rings. The molecule has 1 aromatic heterocycles. The van der Waals surface area contributed by atoms with Gasteiger partial charge in [0.05, 0.1) is 17.6 Å². The zero-order valence-corrected chi connectivity index (χ0v) is 12.5. The van der Waals surface area contributed by atoms with Gasteiger partial charge in [-0.3, -0.25) is 9.78 Å². The number of hydrogen-bond acceptors (Lipinski definition) is 3. The molecule has 1 atom stereocenters. The second kappa shape index (κ2) is 6.22. The lowest BCUT2D eigenvalue weighted by Crippen LogP contribution is -2.37. The van der Waals surface area contributed by atoms with Gasteiger partial charge in [-0.1, -0.05) is 12.1 Å². The highest BCUT2D eigenvalue weighted by molar-refractivity contribution is 5.73. The number of likely N-dealkylation sites (tertiary alicyclic amines) is 1. The van der Waals surface area contributed by atoms with Gasteiger partial charge in [0.15, 0.2) is 0 Å². The highest BCUT2D eigenvalue weighted by Crippen LogP contribution is 2.27. The van der Waals surface area contributed by atoms with Gasteiger partial charge in [-0.15, -0.1) is 0 Å². The Morgan fingerprint density at radius 1 is 1.32 bits per heavy atom. The predicted molar refractivity (Wildman–Crippen MR) is 81.7 cm³/mol. The summed E-state index contributed by atoms with van der Waals surface area (Å²) in [6, 6.07) is 6.56. The molecular formula is C17H18FN3O. The number of carbonyl (C=O) groups excluding carboxylic acids is 1. The van der Waals surface area contributed by atoms with Crippen molar-refractivity contribution < 1.29 is 9.18 Å². The van der Waals surface area contributed by atoms with Crippen LogP contribution in [0.15, 0.2) is 36.7 Å². The summed E-state index contributed by atoms with van der Waals surface area (Å²) in [5.74, 6) is -0.0530. The van der Waals surface area contributed by atoms with Crippen LogP contribution in [0.5, 0.6) is 0 Å². The van der Waals surface area contributed by atoms with Crippen LogP contribution in [0.3, 0.4) is 0 Å². The molecule has 1 aliphatic heterocycles. The van der Waals surface area contributed by atoms with Crippen LogP contribution in [0.1, 0.15) is 31.4 Å². The molecular weight excluding hydrogens is 281 g/mol. The maximum Gasteiger partial charge on any atom is 0.219 e. The van der Waals surface area contributed by atoms with Crippen molar-refractivity contribution in [1.29, 1.82) is 0 Å². The minimum Gasteiger partial charge on any atom is -0.342 e. The Morgan fingerprint density at radius 3 is 2.91 bits per heavy atom. The molecule has 4 nitrogen and oxygen atoms in total. The molecule has 1 aromatic carbocycles. The van der Waals surface area contributed by atoms with E-state index in [9.17, 15) is 9.18 Å². The summed E-state index contributed by atoms with van der Waals surface area (Å²) >= 11 is 0. The van der Waals surface area contributed by atoms with Crippen molar-refractivity contribution in [3.05, 3.63) is 48.2 Å². The highest BCUT2D eigenvalue weighted by Gasteiger charge is 2.24. The molecule has 0 radical (unpaired) electrons. The topological polar surface area (TPSA) is 46.1 Å². The fourth-order valence-corrected chi connectivity index (χ4v) is 2.88. The average molecular weight is 299 g/mol. The van der Waals surface area contributed by atoms with Gasteiger partial charge in [0.1, 0.15) is 5.82 Å². The van der Waals surface area contributed by atoms with Crippen LogP contribution in [0.4, 0.5) is 4.39 Å². The van der Waals surface area contributed by atoms with Gasteiger partial charge < -0.3 is 4.90 Å². The number of halogens is 1. The van der Waals surface area contributed by atoms with Crippen molar-refractivity contribution in [3.8, 4) is 11.3 Å². The number of benzene rings is 1. The van der Waals surface area contributed by atoms with Crippen LogP contribution in [0, 0.1) is 5.82 Å². The van der Waals surface area contributed by atoms with Crippen molar-refractivity contribution >= 4 is 5.91 Å². The molecule has 1 fully saturated rings. The Hall–Kier alpha value is -2.30. The SMILES string of the molecule is CC(=O)N1CCC[C@@H](c2cncc(-c3ccccc3F)n2)C1. The normalized spacial score (nSPS) is 18.3. The zero-order chi connectivity index (χ0) is 15.5. The van der Waals surface area contributed by atoms with Crippen molar-refractivity contribution in [3.63, 3.8) is 0 Å². The molecule has 1 aliphatic rings. The lowest BCUT2D eigenvalue weighted by atomic mass is 9.95. The van der Waals surface area contributed by atoms with Gasteiger partial charge in [0.25, 0.3) is 0 Å². The molecule has 1 saturated heterocycles. The summed E-state index contributed by atoms with van der Waals surface area (Å²) in [6.07, 6.45) is 5.22. The van der Waals surface area contributed by atoms with Gasteiger partial charge in [0.2, 0.25) is 5.91 Å². The van der Waals surface area contributed by atoms with Crippen LogP contribution in [0.2, 0.25) is 0 Å². The van der Waals surface area contributed by atoms with E-state index in [2.05, 4.69) is 9.97 Å². The Morgan fingerprint density at radius 2 is 2.14 bits per heavy atom. The van der Waals surface area contributed by atoms with Gasteiger partial charge in [0, 0.05) is 37.7 Å². The van der Waals surface area contributed by atoms with E-state index < -0.39 is 0 Å². The van der Waals surface area contributed by atoms with Crippen LogP contribution in [-0.2, 0) is 4.79 Å². The van der Waals surface area contributed by atoms with Crippen molar-refractivity contribution in [1.82, 2.24) is 14.9 Å². The number of amides is 1. The van der Waals surface area contributed by atoms with E-state index in [1.54, 1.807) is 37.5 Å². The smallest absolute Gasteiger partial charge is 0.219 e. The number of hydrogen-bond donors (Lipinski definition) is 0. The first-order valence-electron chi connectivity index (χ1n) is 7.47. The maximum atomic E-state index is 13.9. The van der Waals surface area contributed by atoms with E-state index in [0.29, 0.717) is 17.8 Å². The first kappa shape index (κ1) is 14.6. The summed E-state index contributed by atoms with van der Waals surface area (Å²) in [4.78, 5) is 22.2. The number of piperidine rings is 1. The van der Waals surface area contributed by atoms with E-state index in [4.69, 9.17) is 0 Å². The van der Waals surface area contributed by atoms with E-state index in [1.165, 1.54) is 6.07 Å². The number of nitrogens with zero attached hydrogens (tertiary/aromatic N) is 3. The van der Waals surface area contributed by atoms with Gasteiger partial charge in [-0.2, -0.15) is 0 Å². The molecule has 0 N–H and O–H groups in total. The fraction of sp³-hybridized carbons (Fsp3) is 0.353. The Kier molecular flexibility index (Phi) is 4.13. The third kappa shape index (κ3) is 2.98. The fourth-order valence-electron chi connectivity index (χ4n) is 2.88. The Bertz CT molecular complexity index is 689. The molecule has 0 bridgehead atoms. The number of carbonyl (C=O) groups is 1. The molecule has 22 heavy (non-hydrogen) atoms. The average Bonchev–Trinajstić information content (AvgIpc) is 2.55. The lowest BCUT2D eigenvalue weighted by Gasteiger charge is -2.31. The highest BCUT2D eigenvalue weighted by atomic mass is 19.1. The van der Waals surface area contributed by atoms with Gasteiger partial charge in [-0.05, 0) is 25.0 Å². The molecule has 2 heterocycles. The molecule has 0 aliphatic carbocycles. The molecule has 1 amide bonds. The van der Waals surface area contributed by atoms with Gasteiger partial charge in [-0.25, -0.2) is 9.37 Å². The molecule has 0 unspecified atom stereocenters. The Labute approximate surface area is 129 Å². The predicted octanol–water partition coefficient (Wildman–Crippen LogP) is 3.01. The monoisotopic (exact) mass is 299 g/mol. The van der Waals surface area contributed by atoms with Crippen LogP contribution < -0.4 is 0 Å². The zero-order valence-electron chi connectivity index (χ0n) is 12.5. The summed E-state index contributed by atoms with van der Waals surface area (Å²) in [5.41, 5.74) is 1.82. The van der Waals surface area contributed by atoms with Crippen LogP contribution in [-0.4, -0.2) is 33.9 Å². The maximum absolute atomic E-state index is 13.9. The van der Waals surface area contributed by atoms with Crippen molar-refractivity contribution in [2.24, 2.45) is 0 Å². The molecule has 114 valence electrons. The van der Waals surface area contributed by atoms with E-state index in [0.717, 1.165) is 25.1 Å². The first-order valence-corrected chi connectivity index (χ1v) is 7.47. The Balaban J connectivity index is 1.88. The quantitative estimate of drug-likeness (QED) is 0.856. The third-order valence-electron chi connectivity index (χ3n) is 4.09. The summed E-state index contributed by atoms with van der Waals surface area (Å²) in [6.45, 7) is 3.04. The summed E-state index contributed by atoms with van der Waals surface area (Å²) < 4.78 is 13.9. The summed E-state index contributed by atoms with van der Waals surface area (Å²) in [5, 5.41) is 0. The third-order valence-corrected chi connectivity index (χ3v) is 4.09. The minimum absolute atomic E-state index is 0.0860. The summed E-state index contributed by atoms with van der Waals surface area (Å²) in [7, 11) is 0. The van der Waals surface area contributed by atoms with Crippen molar-refractivity contribution in [2.45, 2.75) is 25.7 Å². The second-order valence-electron chi connectivity index (χ2n) is 5.61. The standard InChI is InChI=1S/C17H18FN3O/c1-12(22)21-8-4-5-13(11-21)16-9-19-10-17(20-16)14-6-2-3-7-15(14)18/h2-3,6-7,9-10,13H,4-5,8,11H2,1H3/t13-/m1/s1. The van der Waals surface area contributed by atoms with Crippen molar-refractivity contribution in [2.75, 3.05) is 13.1 Å².